The van der Waals surface area contributed by atoms with Gasteiger partial charge in [-0.25, -0.2) is 4.79 Å². The molecule has 0 bridgehead atoms. The van der Waals surface area contributed by atoms with Gasteiger partial charge in [-0.1, -0.05) is 54.1 Å². The fourth-order valence-corrected chi connectivity index (χ4v) is 1.68. The lowest BCUT2D eigenvalue weighted by molar-refractivity contribution is 0.0575. The van der Waals surface area contributed by atoms with Crippen LogP contribution in [0.3, 0.4) is 0 Å². The van der Waals surface area contributed by atoms with Crippen molar-refractivity contribution < 1.29 is 9.53 Å². The molecule has 0 unspecified atom stereocenters. The van der Waals surface area contributed by atoms with Crippen molar-refractivity contribution in [1.82, 2.24) is 0 Å². The summed E-state index contributed by atoms with van der Waals surface area (Å²) < 4.78 is 4.80. The summed E-state index contributed by atoms with van der Waals surface area (Å²) in [4.78, 5) is 11.7. The van der Waals surface area contributed by atoms with Crippen molar-refractivity contribution in [2.45, 2.75) is 0 Å². The van der Waals surface area contributed by atoms with Crippen molar-refractivity contribution in [2.75, 3.05) is 6.07 Å². The summed E-state index contributed by atoms with van der Waals surface area (Å²) in [5, 5.41) is 0. The molecule has 2 nitrogen and oxygen atoms in total. The van der Waals surface area contributed by atoms with E-state index in [1.807, 2.05) is 30.3 Å². The Morgan fingerprint density at radius 2 is 1.94 bits per heavy atom. The number of alkyl halides is 1. The minimum Gasteiger partial charge on any atom is -0.446 e. The molecule has 0 aromatic heterocycles. The summed E-state index contributed by atoms with van der Waals surface area (Å²) in [5.41, 5.74) is 2.15. The van der Waals surface area contributed by atoms with Crippen molar-refractivity contribution >= 4 is 17.6 Å². The number of benzene rings is 2. The van der Waals surface area contributed by atoms with Crippen LogP contribution in [0.1, 0.15) is 10.4 Å². The standard InChI is InChI=1S/C14H10ClO2/c15-10-17-14(16)13-9-5-4-8-12(13)11-6-2-1-3-7-11/h1-6,8-9H,10H2. The van der Waals surface area contributed by atoms with Gasteiger partial charge >= 0.3 is 5.97 Å². The van der Waals surface area contributed by atoms with E-state index >= 15 is 0 Å². The van der Waals surface area contributed by atoms with Crippen molar-refractivity contribution in [3.8, 4) is 11.1 Å². The molecule has 0 spiro atoms. The van der Waals surface area contributed by atoms with Crippen LogP contribution in [0.25, 0.3) is 11.1 Å². The molecule has 0 fully saturated rings. The molecule has 0 aliphatic carbocycles. The highest BCUT2D eigenvalue weighted by Gasteiger charge is 2.12. The Morgan fingerprint density at radius 1 is 1.18 bits per heavy atom. The molecule has 0 heterocycles. The zero-order valence-electron chi connectivity index (χ0n) is 9.02. The molecule has 0 N–H and O–H groups in total. The number of carbonyl (C=O) groups is 1. The van der Waals surface area contributed by atoms with Gasteiger partial charge in [-0.2, -0.15) is 0 Å². The molecule has 2 aromatic carbocycles. The van der Waals surface area contributed by atoms with Gasteiger partial charge in [0.25, 0.3) is 0 Å². The van der Waals surface area contributed by atoms with Crippen LogP contribution in [0.15, 0.2) is 48.5 Å². The van der Waals surface area contributed by atoms with Gasteiger partial charge in [0, 0.05) is 0 Å². The van der Waals surface area contributed by atoms with Crippen LogP contribution in [-0.2, 0) is 4.74 Å². The number of esters is 1. The van der Waals surface area contributed by atoms with Crippen LogP contribution in [0.4, 0.5) is 0 Å². The quantitative estimate of drug-likeness (QED) is 0.611. The van der Waals surface area contributed by atoms with Gasteiger partial charge in [0.15, 0.2) is 6.07 Å². The van der Waals surface area contributed by atoms with E-state index in [0.717, 1.165) is 11.1 Å². The second-order valence-corrected chi connectivity index (χ2v) is 3.58. The third kappa shape index (κ3) is 2.66. The summed E-state index contributed by atoms with van der Waals surface area (Å²) in [5.74, 6) is -0.423. The van der Waals surface area contributed by atoms with Crippen molar-refractivity contribution in [3.63, 3.8) is 0 Å². The first-order valence-electron chi connectivity index (χ1n) is 5.12. The minimum absolute atomic E-state index is 0.147. The third-order valence-electron chi connectivity index (χ3n) is 2.33. The summed E-state index contributed by atoms with van der Waals surface area (Å²) in [6.07, 6.45) is 0. The lowest BCUT2D eigenvalue weighted by Crippen LogP contribution is -2.05. The Kier molecular flexibility index (Phi) is 3.78. The van der Waals surface area contributed by atoms with Gasteiger partial charge in [-0.3, -0.25) is 0 Å². The monoisotopic (exact) mass is 245 g/mol. The molecular formula is C14H10ClO2. The molecule has 2 rings (SSSR count). The highest BCUT2D eigenvalue weighted by molar-refractivity contribution is 6.18. The molecule has 0 atom stereocenters. The van der Waals surface area contributed by atoms with E-state index in [9.17, 15) is 4.79 Å². The van der Waals surface area contributed by atoms with Crippen LogP contribution >= 0.6 is 11.6 Å². The first kappa shape index (κ1) is 11.7. The van der Waals surface area contributed by atoms with E-state index in [2.05, 4.69) is 6.07 Å². The average Bonchev–Trinajstić information content (AvgIpc) is 2.40. The summed E-state index contributed by atoms with van der Waals surface area (Å²) >= 11 is 5.39. The Hall–Kier alpha value is -1.80. The molecule has 0 saturated heterocycles. The minimum atomic E-state index is -0.423. The average molecular weight is 246 g/mol. The van der Waals surface area contributed by atoms with Crippen LogP contribution in [0, 0.1) is 6.07 Å². The van der Waals surface area contributed by atoms with E-state index in [1.54, 1.807) is 18.2 Å². The number of halogens is 1. The number of carbonyl (C=O) groups excluding carboxylic acids is 1. The number of rotatable bonds is 3. The second-order valence-electron chi connectivity index (χ2n) is 3.36. The van der Waals surface area contributed by atoms with Crippen LogP contribution in [0.2, 0.25) is 0 Å². The maximum Gasteiger partial charge on any atom is 0.339 e. The Bertz CT molecular complexity index is 509. The molecule has 85 valence electrons. The predicted octanol–water partition coefficient (Wildman–Crippen LogP) is 3.51. The third-order valence-corrected chi connectivity index (χ3v) is 2.44. The lowest BCUT2D eigenvalue weighted by atomic mass is 10.00. The first-order chi connectivity index (χ1) is 8.33. The molecule has 0 aliphatic rings. The van der Waals surface area contributed by atoms with E-state index in [-0.39, 0.29) is 6.07 Å². The topological polar surface area (TPSA) is 26.3 Å². The van der Waals surface area contributed by atoms with Gasteiger partial charge < -0.3 is 4.74 Å². The molecule has 1 radical (unpaired) electrons. The summed E-state index contributed by atoms with van der Waals surface area (Å²) in [6, 6.07) is 17.6. The van der Waals surface area contributed by atoms with Crippen molar-refractivity contribution in [2.24, 2.45) is 0 Å². The zero-order valence-corrected chi connectivity index (χ0v) is 9.78. The molecule has 17 heavy (non-hydrogen) atoms. The van der Waals surface area contributed by atoms with E-state index in [0.29, 0.717) is 5.56 Å². The van der Waals surface area contributed by atoms with Crippen molar-refractivity contribution in [1.29, 1.82) is 0 Å². The van der Waals surface area contributed by atoms with Crippen molar-refractivity contribution in [3.05, 3.63) is 60.2 Å². The summed E-state index contributed by atoms with van der Waals surface area (Å²) in [7, 11) is 0. The van der Waals surface area contributed by atoms with Crippen LogP contribution < -0.4 is 0 Å². The van der Waals surface area contributed by atoms with Gasteiger partial charge in [0.2, 0.25) is 0 Å². The highest BCUT2D eigenvalue weighted by Crippen LogP contribution is 2.23. The largest absolute Gasteiger partial charge is 0.446 e. The van der Waals surface area contributed by atoms with Gasteiger partial charge in [-0.15, -0.1) is 0 Å². The van der Waals surface area contributed by atoms with Gasteiger partial charge in [0.05, 0.1) is 5.56 Å². The van der Waals surface area contributed by atoms with E-state index < -0.39 is 5.97 Å². The normalized spacial score (nSPS) is 9.94. The van der Waals surface area contributed by atoms with Gasteiger partial charge in [-0.05, 0) is 23.3 Å². The SMILES string of the molecule is O=C(OCCl)c1ccccc1-c1[c]cccc1. The molecule has 3 heteroatoms. The van der Waals surface area contributed by atoms with Gasteiger partial charge in [0.1, 0.15) is 0 Å². The second kappa shape index (κ2) is 5.51. The number of hydrogen-bond acceptors (Lipinski definition) is 2. The number of ether oxygens (including phenoxy) is 1. The van der Waals surface area contributed by atoms with Crippen LogP contribution in [0.5, 0.6) is 0 Å². The zero-order chi connectivity index (χ0) is 12.1. The van der Waals surface area contributed by atoms with Crippen LogP contribution in [-0.4, -0.2) is 12.0 Å². The summed E-state index contributed by atoms with van der Waals surface area (Å²) in [6.45, 7) is 0. The molecule has 2 aromatic rings. The van der Waals surface area contributed by atoms with E-state index in [4.69, 9.17) is 16.3 Å². The molecule has 0 amide bonds. The molecular weight excluding hydrogens is 236 g/mol. The Balaban J connectivity index is 2.45. The Labute approximate surface area is 105 Å². The fourth-order valence-electron chi connectivity index (χ4n) is 1.58. The Morgan fingerprint density at radius 3 is 2.65 bits per heavy atom. The molecule has 0 aliphatic heterocycles. The maximum absolute atomic E-state index is 11.7. The lowest BCUT2D eigenvalue weighted by Gasteiger charge is -2.07. The smallest absolute Gasteiger partial charge is 0.339 e. The maximum atomic E-state index is 11.7. The molecule has 0 saturated carbocycles. The highest BCUT2D eigenvalue weighted by atomic mass is 35.5. The predicted molar refractivity (Wildman–Crippen MR) is 66.8 cm³/mol. The first-order valence-corrected chi connectivity index (χ1v) is 5.65. The number of hydrogen-bond donors (Lipinski definition) is 0. The van der Waals surface area contributed by atoms with E-state index in [1.165, 1.54) is 0 Å². The fraction of sp³-hybridized carbons (Fsp3) is 0.0714.